The molecular formula is C24H22ClF2NO5. The van der Waals surface area contributed by atoms with Gasteiger partial charge >= 0.3 is 0 Å². The zero-order valence-corrected chi connectivity index (χ0v) is 18.5. The number of alkyl halides is 2. The summed E-state index contributed by atoms with van der Waals surface area (Å²) in [5.41, 5.74) is -0.446. The van der Waals surface area contributed by atoms with Gasteiger partial charge in [-0.3, -0.25) is 9.36 Å². The molecule has 1 aromatic heterocycles. The van der Waals surface area contributed by atoms with Gasteiger partial charge in [-0.1, -0.05) is 23.7 Å². The fourth-order valence-corrected chi connectivity index (χ4v) is 3.79. The average molecular weight is 478 g/mol. The Morgan fingerprint density at radius 2 is 1.76 bits per heavy atom. The number of hydrogen-bond donors (Lipinski definition) is 1. The molecule has 1 saturated carbocycles. The molecule has 0 unspecified atom stereocenters. The van der Waals surface area contributed by atoms with Crippen LogP contribution in [0.15, 0.2) is 65.6 Å². The Morgan fingerprint density at radius 3 is 2.39 bits per heavy atom. The third-order valence-electron chi connectivity index (χ3n) is 5.31. The number of aromatic nitrogens is 1. The topological polar surface area (TPSA) is 69.9 Å². The van der Waals surface area contributed by atoms with Crippen molar-refractivity contribution in [2.24, 2.45) is 0 Å². The van der Waals surface area contributed by atoms with E-state index in [9.17, 15) is 18.7 Å². The van der Waals surface area contributed by atoms with Gasteiger partial charge < -0.3 is 19.3 Å². The molecule has 1 aliphatic carbocycles. The molecule has 1 heterocycles. The molecule has 6 nitrogen and oxygen atoms in total. The summed E-state index contributed by atoms with van der Waals surface area (Å²) in [6.45, 7) is 0.0106. The lowest BCUT2D eigenvalue weighted by molar-refractivity contribution is -0.215. The number of methoxy groups -OCH3 is 1. The highest BCUT2D eigenvalue weighted by atomic mass is 35.5. The van der Waals surface area contributed by atoms with Crippen LogP contribution in [0.2, 0.25) is 5.02 Å². The largest absolute Gasteiger partial charge is 0.493 e. The summed E-state index contributed by atoms with van der Waals surface area (Å²) in [6, 6.07) is 15.0. The summed E-state index contributed by atoms with van der Waals surface area (Å²) >= 11 is 5.87. The number of ether oxygens (including phenoxy) is 3. The van der Waals surface area contributed by atoms with Crippen LogP contribution in [0.3, 0.4) is 0 Å². The summed E-state index contributed by atoms with van der Waals surface area (Å²) in [7, 11) is 1.43. The number of aliphatic hydroxyl groups is 1. The van der Waals surface area contributed by atoms with Gasteiger partial charge in [0.25, 0.3) is 11.5 Å². The minimum atomic E-state index is -2.86. The minimum Gasteiger partial charge on any atom is -0.493 e. The molecule has 3 aromatic rings. The number of nitrogens with zero attached hydrogens (tertiary/aromatic N) is 1. The highest BCUT2D eigenvalue weighted by molar-refractivity contribution is 6.30. The summed E-state index contributed by atoms with van der Waals surface area (Å²) < 4.78 is 44.1. The number of halogens is 3. The smallest absolute Gasteiger partial charge is 0.258 e. The Balaban J connectivity index is 1.44. The molecule has 0 atom stereocenters. The normalized spacial score (nSPS) is 16.0. The van der Waals surface area contributed by atoms with Crippen LogP contribution in [0.25, 0.3) is 5.69 Å². The van der Waals surface area contributed by atoms with E-state index in [1.54, 1.807) is 42.6 Å². The van der Waals surface area contributed by atoms with Crippen LogP contribution in [0.1, 0.15) is 18.4 Å². The zero-order chi connectivity index (χ0) is 23.6. The molecule has 1 aliphatic rings. The van der Waals surface area contributed by atoms with Gasteiger partial charge in [0, 0.05) is 36.2 Å². The monoisotopic (exact) mass is 477 g/mol. The van der Waals surface area contributed by atoms with Crippen molar-refractivity contribution in [1.82, 2.24) is 4.57 Å². The first-order chi connectivity index (χ1) is 15.7. The molecule has 1 N–H and O–H groups in total. The van der Waals surface area contributed by atoms with Crippen LogP contribution in [0, 0.1) is 0 Å². The van der Waals surface area contributed by atoms with Crippen LogP contribution < -0.4 is 19.8 Å². The first-order valence-electron chi connectivity index (χ1n) is 10.2. The van der Waals surface area contributed by atoms with Gasteiger partial charge in [-0.25, -0.2) is 8.78 Å². The molecular weight excluding hydrogens is 456 g/mol. The van der Waals surface area contributed by atoms with Crippen molar-refractivity contribution in [2.45, 2.75) is 31.0 Å². The molecule has 0 aliphatic heterocycles. The van der Waals surface area contributed by atoms with Crippen molar-refractivity contribution in [3.05, 3.63) is 81.7 Å². The number of rotatable bonds is 8. The molecule has 0 saturated heterocycles. The summed E-state index contributed by atoms with van der Waals surface area (Å²) in [5.74, 6) is -1.86. The highest BCUT2D eigenvalue weighted by Crippen LogP contribution is 2.46. The standard InChI is InChI=1S/C24H22ClF2NO5/c1-31-21-10-18(6-7-20(21)33-15-23(30)13-24(26,27)14-23)28-9-8-19(11-22(28)29)32-12-16-2-4-17(25)5-3-16/h2-11,30H,12-15H2,1H3. The molecule has 0 bridgehead atoms. The van der Waals surface area contributed by atoms with E-state index in [4.69, 9.17) is 25.8 Å². The molecule has 0 spiro atoms. The molecule has 1 fully saturated rings. The molecule has 0 radical (unpaired) electrons. The SMILES string of the molecule is COc1cc(-n2ccc(OCc3ccc(Cl)cc3)cc2=O)ccc1OCC1(O)CC(F)(F)C1. The van der Waals surface area contributed by atoms with Crippen molar-refractivity contribution < 1.29 is 28.1 Å². The maximum Gasteiger partial charge on any atom is 0.258 e. The van der Waals surface area contributed by atoms with E-state index >= 15 is 0 Å². The number of pyridine rings is 1. The molecule has 174 valence electrons. The molecule has 2 aromatic carbocycles. The van der Waals surface area contributed by atoms with Crippen molar-refractivity contribution in [3.8, 4) is 22.9 Å². The lowest BCUT2D eigenvalue weighted by atomic mass is 9.77. The molecule has 0 amide bonds. The third-order valence-corrected chi connectivity index (χ3v) is 5.56. The van der Waals surface area contributed by atoms with Crippen LogP contribution in [-0.4, -0.2) is 34.9 Å². The Labute approximate surface area is 193 Å². The van der Waals surface area contributed by atoms with Gasteiger partial charge in [-0.05, 0) is 35.9 Å². The molecule has 4 rings (SSSR count). The lowest BCUT2D eigenvalue weighted by Gasteiger charge is -2.42. The van der Waals surface area contributed by atoms with Crippen LogP contribution >= 0.6 is 11.6 Å². The van der Waals surface area contributed by atoms with Crippen molar-refractivity contribution >= 4 is 11.6 Å². The van der Waals surface area contributed by atoms with Crippen LogP contribution in [0.4, 0.5) is 8.78 Å². The lowest BCUT2D eigenvalue weighted by Crippen LogP contribution is -2.55. The summed E-state index contributed by atoms with van der Waals surface area (Å²) in [6.07, 6.45) is 0.304. The van der Waals surface area contributed by atoms with Gasteiger partial charge in [0.1, 0.15) is 24.6 Å². The Morgan fingerprint density at radius 1 is 1.03 bits per heavy atom. The molecule has 9 heteroatoms. The Kier molecular flexibility index (Phi) is 6.32. The van der Waals surface area contributed by atoms with Gasteiger partial charge in [0.2, 0.25) is 0 Å². The Bertz CT molecular complexity index is 1190. The van der Waals surface area contributed by atoms with E-state index in [-0.39, 0.29) is 17.9 Å². The van der Waals surface area contributed by atoms with Crippen molar-refractivity contribution in [2.75, 3.05) is 13.7 Å². The second-order valence-electron chi connectivity index (χ2n) is 8.04. The van der Waals surface area contributed by atoms with Gasteiger partial charge in [0.05, 0.1) is 12.8 Å². The highest BCUT2D eigenvalue weighted by Gasteiger charge is 2.56. The second-order valence-corrected chi connectivity index (χ2v) is 8.48. The van der Waals surface area contributed by atoms with Gasteiger partial charge in [-0.2, -0.15) is 0 Å². The predicted molar refractivity (Wildman–Crippen MR) is 119 cm³/mol. The van der Waals surface area contributed by atoms with E-state index in [0.29, 0.717) is 28.8 Å². The number of hydrogen-bond acceptors (Lipinski definition) is 5. The Hall–Kier alpha value is -3.10. The van der Waals surface area contributed by atoms with E-state index < -0.39 is 24.4 Å². The second kappa shape index (κ2) is 9.03. The van der Waals surface area contributed by atoms with E-state index in [1.165, 1.54) is 17.7 Å². The van der Waals surface area contributed by atoms with E-state index in [1.807, 2.05) is 12.1 Å². The maximum atomic E-state index is 13.1. The predicted octanol–water partition coefficient (Wildman–Crippen LogP) is 4.62. The minimum absolute atomic E-state index is 0.279. The van der Waals surface area contributed by atoms with E-state index in [2.05, 4.69) is 0 Å². The van der Waals surface area contributed by atoms with E-state index in [0.717, 1.165) is 5.56 Å². The van der Waals surface area contributed by atoms with Crippen LogP contribution in [0.5, 0.6) is 17.2 Å². The first kappa shape index (κ1) is 23.1. The maximum absolute atomic E-state index is 13.1. The average Bonchev–Trinajstić information content (AvgIpc) is 2.76. The van der Waals surface area contributed by atoms with Gasteiger partial charge in [0.15, 0.2) is 11.5 Å². The summed E-state index contributed by atoms with van der Waals surface area (Å²) in [4.78, 5) is 12.6. The van der Waals surface area contributed by atoms with Crippen molar-refractivity contribution in [3.63, 3.8) is 0 Å². The van der Waals surface area contributed by atoms with Crippen molar-refractivity contribution in [1.29, 1.82) is 0 Å². The quantitative estimate of drug-likeness (QED) is 0.513. The zero-order valence-electron chi connectivity index (χ0n) is 17.8. The third kappa shape index (κ3) is 5.46. The molecule has 33 heavy (non-hydrogen) atoms. The fourth-order valence-electron chi connectivity index (χ4n) is 3.66. The number of benzene rings is 2. The van der Waals surface area contributed by atoms with Gasteiger partial charge in [-0.15, -0.1) is 0 Å². The first-order valence-corrected chi connectivity index (χ1v) is 10.6. The summed E-state index contributed by atoms with van der Waals surface area (Å²) in [5, 5.41) is 10.7. The fraction of sp³-hybridized carbons (Fsp3) is 0.292. The van der Waals surface area contributed by atoms with Crippen LogP contribution in [-0.2, 0) is 6.61 Å².